The molecule has 2 aromatic carbocycles. The number of halogens is 1. The number of carbonyl (C=O) groups is 1. The minimum atomic E-state index is 0.0238. The Morgan fingerprint density at radius 3 is 2.46 bits per heavy atom. The number of hydrogen-bond acceptors (Lipinski definition) is 6. The molecular weight excluding hydrogens is 464 g/mol. The Morgan fingerprint density at radius 2 is 1.74 bits per heavy atom. The van der Waals surface area contributed by atoms with E-state index in [2.05, 4.69) is 15.0 Å². The smallest absolute Gasteiger partial charge is 0.272 e. The molecule has 0 spiro atoms. The van der Waals surface area contributed by atoms with Gasteiger partial charge in [0.2, 0.25) is 11.7 Å². The lowest BCUT2D eigenvalue weighted by Crippen LogP contribution is -2.48. The van der Waals surface area contributed by atoms with Crippen LogP contribution < -0.4 is 0 Å². The molecule has 8 nitrogen and oxygen atoms in total. The molecule has 0 atom stereocenters. The van der Waals surface area contributed by atoms with Crippen LogP contribution in [0, 0.1) is 0 Å². The zero-order valence-electron chi connectivity index (χ0n) is 19.2. The van der Waals surface area contributed by atoms with Crippen molar-refractivity contribution in [1.29, 1.82) is 0 Å². The molecule has 0 radical (unpaired) electrons. The normalized spacial score (nSPS) is 16.5. The second-order valence-electron chi connectivity index (χ2n) is 9.06. The Morgan fingerprint density at radius 1 is 1.00 bits per heavy atom. The third-order valence-corrected chi connectivity index (χ3v) is 6.78. The van der Waals surface area contributed by atoms with Crippen molar-refractivity contribution < 1.29 is 9.32 Å². The van der Waals surface area contributed by atoms with Gasteiger partial charge in [-0.25, -0.2) is 4.68 Å². The van der Waals surface area contributed by atoms with Crippen LogP contribution in [-0.2, 0) is 6.54 Å². The highest BCUT2D eigenvalue weighted by Crippen LogP contribution is 2.40. The number of carbonyl (C=O) groups excluding carboxylic acids is 1. The molecule has 6 rings (SSSR count). The van der Waals surface area contributed by atoms with E-state index in [1.165, 1.54) is 0 Å². The molecule has 2 fully saturated rings. The highest BCUT2D eigenvalue weighted by Gasteiger charge is 2.31. The molecule has 2 aliphatic rings. The van der Waals surface area contributed by atoms with E-state index in [4.69, 9.17) is 21.2 Å². The summed E-state index contributed by atoms with van der Waals surface area (Å²) >= 11 is 5.96. The fraction of sp³-hybridized carbons (Fsp3) is 0.308. The van der Waals surface area contributed by atoms with Crippen LogP contribution in [-0.4, -0.2) is 61.8 Å². The highest BCUT2D eigenvalue weighted by molar-refractivity contribution is 6.30. The van der Waals surface area contributed by atoms with Gasteiger partial charge in [0.15, 0.2) is 0 Å². The molecule has 3 heterocycles. The maximum atomic E-state index is 13.5. The van der Waals surface area contributed by atoms with Gasteiger partial charge in [-0.3, -0.25) is 9.69 Å². The molecule has 1 aliphatic carbocycles. The molecular formula is C26H25ClN6O2. The average molecular weight is 489 g/mol. The number of benzene rings is 2. The first-order valence-electron chi connectivity index (χ1n) is 11.9. The fourth-order valence-corrected chi connectivity index (χ4v) is 4.52. The van der Waals surface area contributed by atoms with Crippen molar-refractivity contribution in [2.75, 3.05) is 26.2 Å². The monoisotopic (exact) mass is 488 g/mol. The van der Waals surface area contributed by atoms with E-state index in [1.54, 1.807) is 16.8 Å². The van der Waals surface area contributed by atoms with Gasteiger partial charge >= 0.3 is 0 Å². The van der Waals surface area contributed by atoms with Crippen LogP contribution in [0.4, 0.5) is 0 Å². The van der Waals surface area contributed by atoms with Crippen molar-refractivity contribution in [2.45, 2.75) is 25.3 Å². The maximum Gasteiger partial charge on any atom is 0.272 e. The Bertz CT molecular complexity index is 1320. The number of rotatable bonds is 6. The number of amides is 1. The third-order valence-electron chi connectivity index (χ3n) is 6.53. The Balaban J connectivity index is 1.11. The third kappa shape index (κ3) is 4.72. The summed E-state index contributed by atoms with van der Waals surface area (Å²) in [7, 11) is 0. The minimum Gasteiger partial charge on any atom is -0.338 e. The molecule has 35 heavy (non-hydrogen) atoms. The summed E-state index contributed by atoms with van der Waals surface area (Å²) in [6, 6.07) is 19.2. The van der Waals surface area contributed by atoms with Gasteiger partial charge in [0.05, 0.1) is 17.9 Å². The van der Waals surface area contributed by atoms with Crippen LogP contribution in [0.3, 0.4) is 0 Å². The Labute approximate surface area is 208 Å². The van der Waals surface area contributed by atoms with E-state index in [0.717, 1.165) is 42.9 Å². The lowest BCUT2D eigenvalue weighted by Gasteiger charge is -2.33. The number of hydrogen-bond donors (Lipinski definition) is 0. The zero-order valence-corrected chi connectivity index (χ0v) is 19.9. The molecule has 1 saturated carbocycles. The molecule has 0 N–H and O–H groups in total. The topological polar surface area (TPSA) is 80.3 Å². The van der Waals surface area contributed by atoms with Crippen LogP contribution in [0.1, 0.15) is 40.8 Å². The van der Waals surface area contributed by atoms with Gasteiger partial charge < -0.3 is 9.42 Å². The predicted molar refractivity (Wildman–Crippen MR) is 131 cm³/mol. The maximum absolute atomic E-state index is 13.5. The fourth-order valence-electron chi connectivity index (χ4n) is 4.39. The van der Waals surface area contributed by atoms with E-state index in [1.807, 2.05) is 53.4 Å². The quantitative estimate of drug-likeness (QED) is 0.400. The summed E-state index contributed by atoms with van der Waals surface area (Å²) < 4.78 is 7.27. The number of piperazine rings is 1. The second-order valence-corrected chi connectivity index (χ2v) is 9.50. The van der Waals surface area contributed by atoms with Crippen molar-refractivity contribution in [3.8, 4) is 17.1 Å². The van der Waals surface area contributed by atoms with Gasteiger partial charge in [-0.05, 0) is 55.3 Å². The van der Waals surface area contributed by atoms with Crippen molar-refractivity contribution in [3.63, 3.8) is 0 Å². The standard InChI is InChI=1S/C26H25ClN6O2/c27-20-10-8-19(9-11-20)25-28-24(35-30-25)17-31-12-14-32(15-13-31)26(34)23-16-22(18-6-7-18)29-33(23)21-4-2-1-3-5-21/h1-5,8-11,16,18H,6-7,12-15,17H2. The minimum absolute atomic E-state index is 0.0238. The van der Waals surface area contributed by atoms with Crippen molar-refractivity contribution in [3.05, 3.63) is 83.0 Å². The lowest BCUT2D eigenvalue weighted by molar-refractivity contribution is 0.0606. The molecule has 2 aromatic heterocycles. The van der Waals surface area contributed by atoms with Crippen molar-refractivity contribution in [2.24, 2.45) is 0 Å². The summed E-state index contributed by atoms with van der Waals surface area (Å²) in [5, 5.41) is 9.55. The van der Waals surface area contributed by atoms with Gasteiger partial charge in [-0.1, -0.05) is 35.0 Å². The number of nitrogens with zero attached hydrogens (tertiary/aromatic N) is 6. The second kappa shape index (κ2) is 9.28. The summed E-state index contributed by atoms with van der Waals surface area (Å²) in [6.45, 7) is 3.29. The van der Waals surface area contributed by atoms with Crippen LogP contribution >= 0.6 is 11.6 Å². The molecule has 178 valence electrons. The van der Waals surface area contributed by atoms with E-state index in [0.29, 0.717) is 48.0 Å². The molecule has 4 aromatic rings. The van der Waals surface area contributed by atoms with E-state index in [9.17, 15) is 4.79 Å². The summed E-state index contributed by atoms with van der Waals surface area (Å²) in [4.78, 5) is 22.2. The molecule has 0 unspecified atom stereocenters. The molecule has 1 aliphatic heterocycles. The first kappa shape index (κ1) is 22.0. The lowest BCUT2D eigenvalue weighted by atomic mass is 10.2. The van der Waals surface area contributed by atoms with E-state index < -0.39 is 0 Å². The van der Waals surface area contributed by atoms with Crippen LogP contribution in [0.25, 0.3) is 17.1 Å². The van der Waals surface area contributed by atoms with Crippen molar-refractivity contribution in [1.82, 2.24) is 29.7 Å². The van der Waals surface area contributed by atoms with Gasteiger partial charge in [0.25, 0.3) is 5.91 Å². The van der Waals surface area contributed by atoms with Crippen molar-refractivity contribution >= 4 is 17.5 Å². The zero-order chi connectivity index (χ0) is 23.8. The first-order chi connectivity index (χ1) is 17.1. The SMILES string of the molecule is O=C(c1cc(C2CC2)nn1-c1ccccc1)N1CCN(Cc2nc(-c3ccc(Cl)cc3)no2)CC1. The van der Waals surface area contributed by atoms with E-state index in [-0.39, 0.29) is 5.91 Å². The predicted octanol–water partition coefficient (Wildman–Crippen LogP) is 4.41. The van der Waals surface area contributed by atoms with Crippen LogP contribution in [0.5, 0.6) is 0 Å². The van der Waals surface area contributed by atoms with Gasteiger partial charge in [-0.15, -0.1) is 0 Å². The molecule has 1 amide bonds. The highest BCUT2D eigenvalue weighted by atomic mass is 35.5. The molecule has 0 bridgehead atoms. The van der Waals surface area contributed by atoms with Crippen LogP contribution in [0.15, 0.2) is 65.2 Å². The summed E-state index contributed by atoms with van der Waals surface area (Å²) in [6.07, 6.45) is 2.29. The number of para-hydroxylation sites is 1. The Kier molecular flexibility index (Phi) is 5.83. The van der Waals surface area contributed by atoms with Crippen LogP contribution in [0.2, 0.25) is 5.02 Å². The van der Waals surface area contributed by atoms with Gasteiger partial charge in [-0.2, -0.15) is 10.1 Å². The Hall–Kier alpha value is -3.49. The molecule has 9 heteroatoms. The number of aromatic nitrogens is 4. The van der Waals surface area contributed by atoms with Gasteiger partial charge in [0, 0.05) is 42.7 Å². The first-order valence-corrected chi connectivity index (χ1v) is 12.3. The summed E-state index contributed by atoms with van der Waals surface area (Å²) in [5.41, 5.74) is 3.43. The molecule has 1 saturated heterocycles. The van der Waals surface area contributed by atoms with E-state index >= 15 is 0 Å². The average Bonchev–Trinajstić information content (AvgIpc) is 3.48. The largest absolute Gasteiger partial charge is 0.338 e. The van der Waals surface area contributed by atoms with Gasteiger partial charge in [0.1, 0.15) is 5.69 Å². The summed E-state index contributed by atoms with van der Waals surface area (Å²) in [5.74, 6) is 1.61.